The van der Waals surface area contributed by atoms with E-state index < -0.39 is 0 Å². The zero-order valence-electron chi connectivity index (χ0n) is 15.3. The number of hydrogen-bond acceptors (Lipinski definition) is 5. The van der Waals surface area contributed by atoms with Crippen LogP contribution in [0, 0.1) is 0 Å². The fourth-order valence-electron chi connectivity index (χ4n) is 2.83. The highest BCUT2D eigenvalue weighted by molar-refractivity contribution is 6.03. The lowest BCUT2D eigenvalue weighted by Gasteiger charge is -2.19. The van der Waals surface area contributed by atoms with E-state index in [4.69, 9.17) is 4.74 Å². The highest BCUT2D eigenvalue weighted by Crippen LogP contribution is 2.22. The van der Waals surface area contributed by atoms with E-state index in [1.807, 2.05) is 37.3 Å². The van der Waals surface area contributed by atoms with Crippen molar-refractivity contribution in [3.8, 4) is 0 Å². The molecule has 8 nitrogen and oxygen atoms in total. The van der Waals surface area contributed by atoms with Crippen molar-refractivity contribution in [1.82, 2.24) is 20.1 Å². The van der Waals surface area contributed by atoms with Gasteiger partial charge >= 0.3 is 0 Å². The van der Waals surface area contributed by atoms with Crippen LogP contribution >= 0.6 is 0 Å². The third-order valence-electron chi connectivity index (χ3n) is 4.18. The average Bonchev–Trinajstić information content (AvgIpc) is 3.13. The molecule has 0 fully saturated rings. The van der Waals surface area contributed by atoms with Gasteiger partial charge in [0.25, 0.3) is 5.91 Å². The summed E-state index contributed by atoms with van der Waals surface area (Å²) in [5, 5.41) is 9.64. The van der Waals surface area contributed by atoms with E-state index in [0.717, 1.165) is 17.7 Å². The molecule has 8 heteroatoms. The number of benzene rings is 1. The van der Waals surface area contributed by atoms with E-state index in [1.165, 1.54) is 11.0 Å². The van der Waals surface area contributed by atoms with Crippen molar-refractivity contribution in [2.45, 2.75) is 39.3 Å². The summed E-state index contributed by atoms with van der Waals surface area (Å²) in [5.41, 5.74) is 1.66. The Balaban J connectivity index is 1.53. The van der Waals surface area contributed by atoms with E-state index in [0.29, 0.717) is 31.6 Å². The summed E-state index contributed by atoms with van der Waals surface area (Å²) in [6.45, 7) is 3.08. The minimum Gasteiger partial charge on any atom is -0.497 e. The van der Waals surface area contributed by atoms with Gasteiger partial charge in [0.2, 0.25) is 11.9 Å². The summed E-state index contributed by atoms with van der Waals surface area (Å²) in [6, 6.07) is 9.65. The molecule has 3 rings (SSSR count). The van der Waals surface area contributed by atoms with Crippen LogP contribution in [0.3, 0.4) is 0 Å². The van der Waals surface area contributed by atoms with Crippen molar-refractivity contribution in [3.63, 3.8) is 0 Å². The number of nitrogens with one attached hydrogen (secondary N) is 2. The van der Waals surface area contributed by atoms with Gasteiger partial charge in [-0.2, -0.15) is 0 Å². The van der Waals surface area contributed by atoms with Crippen LogP contribution in [0.2, 0.25) is 0 Å². The molecule has 27 heavy (non-hydrogen) atoms. The Hall–Kier alpha value is -3.16. The van der Waals surface area contributed by atoms with Gasteiger partial charge in [-0.1, -0.05) is 37.3 Å². The molecule has 2 N–H and O–H groups in total. The Kier molecular flexibility index (Phi) is 6.19. The van der Waals surface area contributed by atoms with Crippen molar-refractivity contribution < 1.29 is 14.3 Å². The van der Waals surface area contributed by atoms with Crippen LogP contribution in [0.15, 0.2) is 48.0 Å². The SMILES string of the molecule is CCC1=C(C(=O)Nc2ncn(CC(=O)NCc3ccccc3)n2)CCCO1. The fourth-order valence-corrected chi connectivity index (χ4v) is 2.83. The minimum atomic E-state index is -0.252. The number of allylic oxidation sites excluding steroid dienone is 1. The van der Waals surface area contributed by atoms with E-state index in [1.54, 1.807) is 0 Å². The van der Waals surface area contributed by atoms with E-state index >= 15 is 0 Å². The van der Waals surface area contributed by atoms with Gasteiger partial charge in [0.1, 0.15) is 18.6 Å². The topological polar surface area (TPSA) is 98.1 Å². The van der Waals surface area contributed by atoms with E-state index in [2.05, 4.69) is 20.7 Å². The summed E-state index contributed by atoms with van der Waals surface area (Å²) < 4.78 is 6.93. The molecule has 1 aliphatic rings. The van der Waals surface area contributed by atoms with Gasteiger partial charge in [-0.15, -0.1) is 5.10 Å². The smallest absolute Gasteiger partial charge is 0.257 e. The molecule has 2 heterocycles. The zero-order chi connectivity index (χ0) is 19.1. The zero-order valence-corrected chi connectivity index (χ0v) is 15.3. The van der Waals surface area contributed by atoms with Gasteiger partial charge < -0.3 is 10.1 Å². The summed E-state index contributed by atoms with van der Waals surface area (Å²) >= 11 is 0. The Morgan fingerprint density at radius 1 is 1.26 bits per heavy atom. The molecule has 1 aromatic heterocycles. The van der Waals surface area contributed by atoms with Crippen molar-refractivity contribution in [1.29, 1.82) is 0 Å². The van der Waals surface area contributed by atoms with Gasteiger partial charge in [0.05, 0.1) is 12.2 Å². The standard InChI is InChI=1S/C19H23N5O3/c1-2-16-15(9-6-10-27-16)18(26)22-19-21-13-24(23-19)12-17(25)20-11-14-7-4-3-5-8-14/h3-5,7-8,13H,2,6,9-12H2,1H3,(H,20,25)(H,22,23,26). The molecule has 0 spiro atoms. The Bertz CT molecular complexity index is 829. The Morgan fingerprint density at radius 2 is 2.07 bits per heavy atom. The third kappa shape index (κ3) is 5.16. The normalized spacial score (nSPS) is 13.8. The van der Waals surface area contributed by atoms with Crippen LogP contribution in [0.4, 0.5) is 5.95 Å². The summed E-state index contributed by atoms with van der Waals surface area (Å²) in [6.07, 6.45) is 3.59. The molecule has 1 aliphatic heterocycles. The second kappa shape index (κ2) is 8.98. The first-order valence-corrected chi connectivity index (χ1v) is 9.02. The van der Waals surface area contributed by atoms with Crippen LogP contribution in [-0.2, 0) is 27.4 Å². The number of carbonyl (C=O) groups is 2. The van der Waals surface area contributed by atoms with Crippen molar-refractivity contribution in [2.24, 2.45) is 0 Å². The van der Waals surface area contributed by atoms with Crippen LogP contribution in [0.1, 0.15) is 31.7 Å². The molecular formula is C19H23N5O3. The van der Waals surface area contributed by atoms with Gasteiger partial charge in [-0.25, -0.2) is 9.67 Å². The van der Waals surface area contributed by atoms with Crippen LogP contribution < -0.4 is 10.6 Å². The van der Waals surface area contributed by atoms with Gasteiger partial charge in [-0.3, -0.25) is 14.9 Å². The first-order chi connectivity index (χ1) is 13.2. The molecule has 0 atom stereocenters. The third-order valence-corrected chi connectivity index (χ3v) is 4.18. The first-order valence-electron chi connectivity index (χ1n) is 9.02. The molecular weight excluding hydrogens is 346 g/mol. The number of amides is 2. The van der Waals surface area contributed by atoms with Crippen molar-refractivity contribution in [3.05, 3.63) is 53.6 Å². The molecule has 0 saturated carbocycles. The molecule has 2 amide bonds. The second-order valence-electron chi connectivity index (χ2n) is 6.19. The maximum atomic E-state index is 12.4. The Morgan fingerprint density at radius 3 is 2.85 bits per heavy atom. The number of carbonyl (C=O) groups excluding carboxylic acids is 2. The maximum absolute atomic E-state index is 12.4. The number of aromatic nitrogens is 3. The summed E-state index contributed by atoms with van der Waals surface area (Å²) in [4.78, 5) is 28.5. The predicted octanol–water partition coefficient (Wildman–Crippen LogP) is 2.01. The van der Waals surface area contributed by atoms with Crippen molar-refractivity contribution >= 4 is 17.8 Å². The second-order valence-corrected chi connectivity index (χ2v) is 6.19. The highest BCUT2D eigenvalue weighted by Gasteiger charge is 2.20. The van der Waals surface area contributed by atoms with Crippen LogP contribution in [0.25, 0.3) is 0 Å². The average molecular weight is 369 g/mol. The molecule has 0 saturated heterocycles. The van der Waals surface area contributed by atoms with Gasteiger partial charge in [-0.05, 0) is 18.4 Å². The van der Waals surface area contributed by atoms with Crippen LogP contribution in [-0.4, -0.2) is 33.2 Å². The minimum absolute atomic E-state index is 0.0295. The molecule has 2 aromatic rings. The first kappa shape index (κ1) is 18.6. The lowest BCUT2D eigenvalue weighted by Crippen LogP contribution is -2.27. The lowest BCUT2D eigenvalue weighted by atomic mass is 10.0. The number of anilines is 1. The largest absolute Gasteiger partial charge is 0.497 e. The number of hydrogen-bond donors (Lipinski definition) is 2. The molecule has 0 bridgehead atoms. The maximum Gasteiger partial charge on any atom is 0.257 e. The number of ether oxygens (including phenoxy) is 1. The Labute approximate surface area is 157 Å². The molecule has 0 unspecified atom stereocenters. The molecule has 0 radical (unpaired) electrons. The van der Waals surface area contributed by atoms with E-state index in [9.17, 15) is 9.59 Å². The molecule has 0 aliphatic carbocycles. The summed E-state index contributed by atoms with van der Waals surface area (Å²) in [7, 11) is 0. The number of rotatable bonds is 7. The lowest BCUT2D eigenvalue weighted by molar-refractivity contribution is -0.122. The van der Waals surface area contributed by atoms with Crippen molar-refractivity contribution in [2.75, 3.05) is 11.9 Å². The monoisotopic (exact) mass is 369 g/mol. The quantitative estimate of drug-likeness (QED) is 0.778. The highest BCUT2D eigenvalue weighted by atomic mass is 16.5. The predicted molar refractivity (Wildman–Crippen MR) is 99.4 cm³/mol. The molecule has 142 valence electrons. The van der Waals surface area contributed by atoms with E-state index in [-0.39, 0.29) is 24.3 Å². The fraction of sp³-hybridized carbons (Fsp3) is 0.368. The molecule has 1 aromatic carbocycles. The van der Waals surface area contributed by atoms with Gasteiger partial charge in [0, 0.05) is 13.0 Å². The van der Waals surface area contributed by atoms with Gasteiger partial charge in [0.15, 0.2) is 0 Å². The number of nitrogens with zero attached hydrogens (tertiary/aromatic N) is 3. The van der Waals surface area contributed by atoms with Crippen LogP contribution in [0.5, 0.6) is 0 Å². The summed E-state index contributed by atoms with van der Waals surface area (Å²) in [5.74, 6) is 0.457.